The first-order valence-corrected chi connectivity index (χ1v) is 19.3. The third kappa shape index (κ3) is 5.05. The first-order chi connectivity index (χ1) is 25.7. The fraction of sp³-hybridized carbons (Fsp3) is 0.192. The molecule has 0 aliphatic heterocycles. The molecule has 260 valence electrons. The van der Waals surface area contributed by atoms with Gasteiger partial charge in [-0.05, 0) is 135 Å². The molecule has 0 bridgehead atoms. The Balaban J connectivity index is 1.19. The van der Waals surface area contributed by atoms with Crippen LogP contribution >= 0.6 is 0 Å². The molecule has 1 heteroatoms. The molecule has 2 aliphatic carbocycles. The van der Waals surface area contributed by atoms with E-state index in [1.165, 1.54) is 83.6 Å². The van der Waals surface area contributed by atoms with Crippen molar-refractivity contribution < 1.29 is 0 Å². The molecule has 0 unspecified atom stereocenters. The molecule has 7 aromatic carbocycles. The minimum Gasteiger partial charge on any atom is -0.310 e. The number of aryl methyl sites for hydroxylation is 2. The summed E-state index contributed by atoms with van der Waals surface area (Å²) in [7, 11) is 0. The van der Waals surface area contributed by atoms with Gasteiger partial charge in [-0.3, -0.25) is 0 Å². The van der Waals surface area contributed by atoms with E-state index in [0.717, 1.165) is 24.2 Å². The Morgan fingerprint density at radius 1 is 0.434 bits per heavy atom. The van der Waals surface area contributed by atoms with Gasteiger partial charge in [0.1, 0.15) is 0 Å². The summed E-state index contributed by atoms with van der Waals surface area (Å²) in [6.07, 6.45) is 2.14. The highest BCUT2D eigenvalue weighted by atomic mass is 15.1. The van der Waals surface area contributed by atoms with E-state index in [4.69, 9.17) is 0 Å². The Hall–Kier alpha value is -5.66. The van der Waals surface area contributed by atoms with Gasteiger partial charge in [0.25, 0.3) is 0 Å². The lowest BCUT2D eigenvalue weighted by Crippen LogP contribution is -2.23. The van der Waals surface area contributed by atoms with Crippen LogP contribution in [0.25, 0.3) is 44.5 Å². The van der Waals surface area contributed by atoms with E-state index in [1.807, 2.05) is 0 Å². The molecule has 2 aliphatic rings. The summed E-state index contributed by atoms with van der Waals surface area (Å²) in [5, 5.41) is 0. The summed E-state index contributed by atoms with van der Waals surface area (Å²) >= 11 is 0. The van der Waals surface area contributed by atoms with Gasteiger partial charge in [0, 0.05) is 27.8 Å². The predicted molar refractivity (Wildman–Crippen MR) is 226 cm³/mol. The molecule has 0 atom stereocenters. The summed E-state index contributed by atoms with van der Waals surface area (Å²) in [4.78, 5) is 2.49. The lowest BCUT2D eigenvalue weighted by atomic mass is 9.73. The maximum Gasteiger partial charge on any atom is 0.0543 e. The molecule has 7 aromatic rings. The quantitative estimate of drug-likeness (QED) is 0.161. The molecule has 0 N–H and O–H groups in total. The minimum atomic E-state index is -0.0301. The number of hydrogen-bond donors (Lipinski definition) is 0. The van der Waals surface area contributed by atoms with Gasteiger partial charge in [-0.15, -0.1) is 0 Å². The van der Waals surface area contributed by atoms with E-state index in [9.17, 15) is 0 Å². The van der Waals surface area contributed by atoms with Gasteiger partial charge in [-0.1, -0.05) is 143 Å². The first kappa shape index (κ1) is 33.2. The lowest BCUT2D eigenvalue weighted by molar-refractivity contribution is 0.490. The number of rotatable bonds is 7. The Bertz CT molecular complexity index is 2500. The van der Waals surface area contributed by atoms with Crippen LogP contribution < -0.4 is 4.90 Å². The molecular formula is C52H47N. The van der Waals surface area contributed by atoms with Crippen LogP contribution in [0, 0.1) is 13.8 Å². The van der Waals surface area contributed by atoms with Crippen molar-refractivity contribution >= 4 is 17.1 Å². The summed E-state index contributed by atoms with van der Waals surface area (Å²) in [6.45, 7) is 14.0. The van der Waals surface area contributed by atoms with Crippen molar-refractivity contribution in [3.63, 3.8) is 0 Å². The highest BCUT2D eigenvalue weighted by molar-refractivity contribution is 5.96. The predicted octanol–water partition coefficient (Wildman–Crippen LogP) is 14.5. The Labute approximate surface area is 315 Å². The summed E-state index contributed by atoms with van der Waals surface area (Å²) in [5.41, 5.74) is 22.3. The van der Waals surface area contributed by atoms with Crippen molar-refractivity contribution in [3.8, 4) is 44.5 Å². The standard InChI is InChI=1S/C52H47N/c1-7-52(8-2)46-19-14-20-49(50(46)44-31-34(3)35(4)32-48(44)52)53(40-26-21-37(22-27-40)36-15-10-9-11-16-36)41-28-23-38(24-29-41)39-25-30-43-42-17-12-13-18-45(42)51(5,6)47(43)33-39/h9-33H,7-8H2,1-6H3. The van der Waals surface area contributed by atoms with Crippen LogP contribution in [0.5, 0.6) is 0 Å². The van der Waals surface area contributed by atoms with Gasteiger partial charge in [-0.25, -0.2) is 0 Å². The van der Waals surface area contributed by atoms with Crippen LogP contribution in [-0.2, 0) is 10.8 Å². The van der Waals surface area contributed by atoms with Gasteiger partial charge in [0.2, 0.25) is 0 Å². The van der Waals surface area contributed by atoms with Crippen molar-refractivity contribution in [2.45, 2.75) is 65.2 Å². The van der Waals surface area contributed by atoms with Crippen LogP contribution in [0.1, 0.15) is 73.9 Å². The topological polar surface area (TPSA) is 3.24 Å². The van der Waals surface area contributed by atoms with E-state index in [-0.39, 0.29) is 10.8 Å². The minimum absolute atomic E-state index is 0.00711. The van der Waals surface area contributed by atoms with E-state index in [2.05, 4.69) is 198 Å². The average molecular weight is 686 g/mol. The summed E-state index contributed by atoms with van der Waals surface area (Å²) in [6, 6.07) is 56.9. The largest absolute Gasteiger partial charge is 0.310 e. The van der Waals surface area contributed by atoms with Crippen molar-refractivity contribution in [2.75, 3.05) is 4.90 Å². The summed E-state index contributed by atoms with van der Waals surface area (Å²) < 4.78 is 0. The normalized spacial score (nSPS) is 14.3. The van der Waals surface area contributed by atoms with Gasteiger partial charge in [0.05, 0.1) is 5.69 Å². The molecule has 0 saturated heterocycles. The monoisotopic (exact) mass is 685 g/mol. The van der Waals surface area contributed by atoms with Crippen LogP contribution in [0.4, 0.5) is 17.1 Å². The van der Waals surface area contributed by atoms with Crippen LogP contribution in [-0.4, -0.2) is 0 Å². The van der Waals surface area contributed by atoms with Crippen LogP contribution in [0.15, 0.2) is 152 Å². The third-order valence-corrected chi connectivity index (χ3v) is 12.7. The molecule has 0 fully saturated rings. The van der Waals surface area contributed by atoms with Gasteiger partial charge < -0.3 is 4.90 Å². The number of anilines is 3. The zero-order valence-electron chi connectivity index (χ0n) is 31.8. The van der Waals surface area contributed by atoms with Gasteiger partial charge in [0.15, 0.2) is 0 Å². The van der Waals surface area contributed by atoms with Crippen molar-refractivity contribution in [1.82, 2.24) is 0 Å². The Morgan fingerprint density at radius 3 is 1.66 bits per heavy atom. The van der Waals surface area contributed by atoms with Crippen LogP contribution in [0.3, 0.4) is 0 Å². The molecular weight excluding hydrogens is 639 g/mol. The molecule has 0 spiro atoms. The molecule has 0 heterocycles. The lowest BCUT2D eigenvalue weighted by Gasteiger charge is -2.31. The maximum absolute atomic E-state index is 2.49. The molecule has 9 rings (SSSR count). The van der Waals surface area contributed by atoms with Crippen LogP contribution in [0.2, 0.25) is 0 Å². The second kappa shape index (κ2) is 12.5. The Morgan fingerprint density at radius 2 is 0.981 bits per heavy atom. The van der Waals surface area contributed by atoms with E-state index < -0.39 is 0 Å². The van der Waals surface area contributed by atoms with Crippen molar-refractivity contribution in [1.29, 1.82) is 0 Å². The second-order valence-corrected chi connectivity index (χ2v) is 15.7. The fourth-order valence-electron chi connectivity index (χ4n) is 9.53. The highest BCUT2D eigenvalue weighted by Gasteiger charge is 2.42. The second-order valence-electron chi connectivity index (χ2n) is 15.7. The number of nitrogens with zero attached hydrogens (tertiary/aromatic N) is 1. The zero-order valence-corrected chi connectivity index (χ0v) is 31.8. The fourth-order valence-corrected chi connectivity index (χ4v) is 9.53. The molecule has 0 amide bonds. The zero-order chi connectivity index (χ0) is 36.5. The molecule has 0 radical (unpaired) electrons. The smallest absolute Gasteiger partial charge is 0.0543 e. The molecule has 1 nitrogen and oxygen atoms in total. The van der Waals surface area contributed by atoms with E-state index in [1.54, 1.807) is 0 Å². The first-order valence-electron chi connectivity index (χ1n) is 19.3. The SMILES string of the molecule is CCC1(CC)c2cc(C)c(C)cc2-c2c(N(c3ccc(-c4ccccc4)cc3)c3ccc(-c4ccc5c(c4)C(C)(C)c4ccccc4-5)cc3)cccc21. The van der Waals surface area contributed by atoms with Gasteiger partial charge in [-0.2, -0.15) is 0 Å². The highest BCUT2D eigenvalue weighted by Crippen LogP contribution is 2.57. The maximum atomic E-state index is 2.49. The Kier molecular flexibility index (Phi) is 7.82. The third-order valence-electron chi connectivity index (χ3n) is 12.7. The number of benzene rings is 7. The van der Waals surface area contributed by atoms with E-state index >= 15 is 0 Å². The number of hydrogen-bond acceptors (Lipinski definition) is 1. The molecule has 0 saturated carbocycles. The summed E-state index contributed by atoms with van der Waals surface area (Å²) in [5.74, 6) is 0. The van der Waals surface area contributed by atoms with Crippen molar-refractivity contribution in [2.24, 2.45) is 0 Å². The molecule has 53 heavy (non-hydrogen) atoms. The van der Waals surface area contributed by atoms with E-state index in [0.29, 0.717) is 0 Å². The average Bonchev–Trinajstić information content (AvgIpc) is 3.60. The van der Waals surface area contributed by atoms with Crippen molar-refractivity contribution in [3.05, 3.63) is 185 Å². The molecule has 0 aromatic heterocycles. The van der Waals surface area contributed by atoms with Gasteiger partial charge >= 0.3 is 0 Å². The number of fused-ring (bicyclic) bond motifs is 6.